The standard InChI is InChI=1S/C21H28N6O3/c28-18-12-22-8-9-24-19(29)13-27-14-26-21-17(27)5-7-25-20(21)15-3-1-4-16(11-15)30-10-2-6-23-18/h1,3-4,11,14,20,22,25H,2,5-10,12-13H2,(H,23,28)(H,24,29). The van der Waals surface area contributed by atoms with Crippen molar-refractivity contribution in [1.82, 2.24) is 30.8 Å². The molecule has 160 valence electrons. The summed E-state index contributed by atoms with van der Waals surface area (Å²) >= 11 is 0. The molecule has 2 aromatic rings. The van der Waals surface area contributed by atoms with Crippen molar-refractivity contribution in [2.75, 3.05) is 39.3 Å². The van der Waals surface area contributed by atoms with Gasteiger partial charge in [0.1, 0.15) is 12.3 Å². The van der Waals surface area contributed by atoms with E-state index in [4.69, 9.17) is 4.74 Å². The van der Waals surface area contributed by atoms with Gasteiger partial charge in [-0.05, 0) is 24.1 Å². The van der Waals surface area contributed by atoms with Gasteiger partial charge in [-0.2, -0.15) is 0 Å². The number of fused-ring (bicyclic) bond motifs is 3. The van der Waals surface area contributed by atoms with Crippen LogP contribution in [0.2, 0.25) is 0 Å². The van der Waals surface area contributed by atoms with Gasteiger partial charge in [0.15, 0.2) is 0 Å². The second kappa shape index (κ2) is 9.73. The summed E-state index contributed by atoms with van der Waals surface area (Å²) in [7, 11) is 0. The quantitative estimate of drug-likeness (QED) is 0.474. The molecule has 1 aromatic heterocycles. The third kappa shape index (κ3) is 4.98. The lowest BCUT2D eigenvalue weighted by Gasteiger charge is -2.25. The summed E-state index contributed by atoms with van der Waals surface area (Å²) in [4.78, 5) is 28.8. The number of amides is 2. The molecule has 1 aromatic carbocycles. The molecular formula is C21H28N6O3. The largest absolute Gasteiger partial charge is 0.494 e. The van der Waals surface area contributed by atoms with Gasteiger partial charge in [-0.1, -0.05) is 12.1 Å². The maximum absolute atomic E-state index is 12.3. The Hall–Kier alpha value is -2.91. The second-order valence-corrected chi connectivity index (χ2v) is 7.49. The minimum absolute atomic E-state index is 0.0318. The maximum Gasteiger partial charge on any atom is 0.240 e. The summed E-state index contributed by atoms with van der Waals surface area (Å²) in [6.07, 6.45) is 3.30. The highest BCUT2D eigenvalue weighted by Gasteiger charge is 2.26. The van der Waals surface area contributed by atoms with Crippen molar-refractivity contribution >= 4 is 11.8 Å². The van der Waals surface area contributed by atoms with Crippen LogP contribution in [-0.2, 0) is 22.6 Å². The van der Waals surface area contributed by atoms with Crippen LogP contribution in [0.4, 0.5) is 0 Å². The highest BCUT2D eigenvalue weighted by molar-refractivity contribution is 5.78. The average Bonchev–Trinajstić information content (AvgIpc) is 3.15. The summed E-state index contributed by atoms with van der Waals surface area (Å²) in [5, 5.41) is 12.3. The van der Waals surface area contributed by atoms with Gasteiger partial charge in [0.05, 0.1) is 31.2 Å². The van der Waals surface area contributed by atoms with Crippen LogP contribution in [0.25, 0.3) is 0 Å². The lowest BCUT2D eigenvalue weighted by Crippen LogP contribution is -2.39. The highest BCUT2D eigenvalue weighted by Crippen LogP contribution is 2.29. The Morgan fingerprint density at radius 2 is 1.97 bits per heavy atom. The van der Waals surface area contributed by atoms with Crippen LogP contribution in [0.15, 0.2) is 30.6 Å². The first-order valence-electron chi connectivity index (χ1n) is 10.4. The number of carbonyl (C=O) groups is 2. The zero-order chi connectivity index (χ0) is 20.8. The fourth-order valence-electron chi connectivity index (χ4n) is 3.82. The first-order chi connectivity index (χ1) is 14.7. The molecule has 0 saturated heterocycles. The van der Waals surface area contributed by atoms with Crippen LogP contribution in [0.3, 0.4) is 0 Å². The van der Waals surface area contributed by atoms with Gasteiger partial charge in [-0.25, -0.2) is 4.98 Å². The van der Waals surface area contributed by atoms with E-state index >= 15 is 0 Å². The van der Waals surface area contributed by atoms with Crippen LogP contribution in [0.1, 0.15) is 29.4 Å². The number of benzene rings is 1. The minimum atomic E-state index is -0.0682. The predicted octanol–water partition coefficient (Wildman–Crippen LogP) is -0.277. The molecule has 9 nitrogen and oxygen atoms in total. The van der Waals surface area contributed by atoms with Crippen molar-refractivity contribution in [3.8, 4) is 5.75 Å². The first-order valence-corrected chi connectivity index (χ1v) is 10.4. The van der Waals surface area contributed by atoms with Crippen molar-refractivity contribution in [1.29, 1.82) is 0 Å². The zero-order valence-electron chi connectivity index (χ0n) is 16.9. The van der Waals surface area contributed by atoms with Crippen LogP contribution in [0.5, 0.6) is 5.75 Å². The van der Waals surface area contributed by atoms with Gasteiger partial charge in [0.25, 0.3) is 0 Å². The van der Waals surface area contributed by atoms with Gasteiger partial charge in [-0.3, -0.25) is 9.59 Å². The predicted molar refractivity (Wildman–Crippen MR) is 111 cm³/mol. The molecule has 0 aliphatic carbocycles. The molecular weight excluding hydrogens is 384 g/mol. The Morgan fingerprint density at radius 3 is 2.90 bits per heavy atom. The van der Waals surface area contributed by atoms with E-state index in [1.807, 2.05) is 22.8 Å². The lowest BCUT2D eigenvalue weighted by atomic mass is 9.97. The summed E-state index contributed by atoms with van der Waals surface area (Å²) in [6.45, 7) is 3.36. The normalized spacial score (nSPS) is 21.1. The molecule has 30 heavy (non-hydrogen) atoms. The van der Waals surface area contributed by atoms with E-state index in [1.54, 1.807) is 6.33 Å². The summed E-state index contributed by atoms with van der Waals surface area (Å²) < 4.78 is 7.81. The first kappa shape index (κ1) is 20.4. The number of nitrogens with zero attached hydrogens (tertiary/aromatic N) is 2. The average molecular weight is 412 g/mol. The zero-order valence-corrected chi connectivity index (χ0v) is 16.9. The lowest BCUT2D eigenvalue weighted by molar-refractivity contribution is -0.121. The fraction of sp³-hybridized carbons (Fsp3) is 0.476. The molecule has 1 atom stereocenters. The van der Waals surface area contributed by atoms with Crippen molar-refractivity contribution in [3.05, 3.63) is 47.5 Å². The molecule has 0 spiro atoms. The van der Waals surface area contributed by atoms with Gasteiger partial charge >= 0.3 is 0 Å². The Balaban J connectivity index is 1.54. The van der Waals surface area contributed by atoms with Crippen molar-refractivity contribution < 1.29 is 14.3 Å². The number of rotatable bonds is 0. The smallest absolute Gasteiger partial charge is 0.240 e. The van der Waals surface area contributed by atoms with Crippen LogP contribution in [0, 0.1) is 0 Å². The molecule has 2 aliphatic rings. The Labute approximate surface area is 175 Å². The second-order valence-electron chi connectivity index (χ2n) is 7.49. The molecule has 2 aliphatic heterocycles. The summed E-state index contributed by atoms with van der Waals surface area (Å²) in [5.74, 6) is 0.660. The van der Waals surface area contributed by atoms with Gasteiger partial charge < -0.3 is 30.6 Å². The summed E-state index contributed by atoms with van der Waals surface area (Å²) in [6, 6.07) is 7.97. The minimum Gasteiger partial charge on any atom is -0.494 e. The Morgan fingerprint density at radius 1 is 1.07 bits per heavy atom. The van der Waals surface area contributed by atoms with Crippen molar-refractivity contribution in [3.63, 3.8) is 0 Å². The number of ether oxygens (including phenoxy) is 1. The monoisotopic (exact) mass is 412 g/mol. The molecule has 0 fully saturated rings. The fourth-order valence-corrected chi connectivity index (χ4v) is 3.82. The topological polar surface area (TPSA) is 109 Å². The van der Waals surface area contributed by atoms with Crippen molar-refractivity contribution in [2.45, 2.75) is 25.4 Å². The summed E-state index contributed by atoms with van der Waals surface area (Å²) in [5.41, 5.74) is 3.13. The molecule has 6 bridgehead atoms. The Bertz CT molecular complexity index is 897. The molecule has 1 unspecified atom stereocenters. The van der Waals surface area contributed by atoms with Gasteiger partial charge in [-0.15, -0.1) is 0 Å². The molecule has 3 heterocycles. The SMILES string of the molecule is O=C1CNCCNC(=O)Cn2cnc3c2CCNC3c2cccc(c2)OCCCN1. The van der Waals surface area contributed by atoms with Crippen LogP contribution in [-0.4, -0.2) is 60.7 Å². The number of hydrogen-bond donors (Lipinski definition) is 4. The molecule has 4 N–H and O–H groups in total. The molecule has 0 saturated carbocycles. The van der Waals surface area contributed by atoms with Crippen molar-refractivity contribution in [2.24, 2.45) is 0 Å². The third-order valence-electron chi connectivity index (χ3n) is 5.29. The Kier molecular flexibility index (Phi) is 6.60. The highest BCUT2D eigenvalue weighted by atomic mass is 16.5. The molecule has 2 amide bonds. The molecule has 9 heteroatoms. The van der Waals surface area contributed by atoms with Gasteiger partial charge in [0.2, 0.25) is 11.8 Å². The third-order valence-corrected chi connectivity index (χ3v) is 5.29. The van der Waals surface area contributed by atoms with E-state index in [0.717, 1.165) is 42.1 Å². The van der Waals surface area contributed by atoms with E-state index in [2.05, 4.69) is 32.3 Å². The number of nitrogens with one attached hydrogen (secondary N) is 4. The number of aromatic nitrogens is 2. The number of hydrogen-bond acceptors (Lipinski definition) is 6. The maximum atomic E-state index is 12.3. The molecule has 0 radical (unpaired) electrons. The van der Waals surface area contributed by atoms with E-state index in [-0.39, 0.29) is 30.9 Å². The number of imidazole rings is 1. The molecule has 4 rings (SSSR count). The number of carbonyl (C=O) groups excluding carboxylic acids is 2. The van der Waals surface area contributed by atoms with Crippen LogP contribution >= 0.6 is 0 Å². The van der Waals surface area contributed by atoms with E-state index in [9.17, 15) is 9.59 Å². The van der Waals surface area contributed by atoms with E-state index < -0.39 is 0 Å². The van der Waals surface area contributed by atoms with Crippen LogP contribution < -0.4 is 26.0 Å². The van der Waals surface area contributed by atoms with Gasteiger partial charge in [0, 0.05) is 38.3 Å². The van der Waals surface area contributed by atoms with E-state index in [0.29, 0.717) is 26.2 Å². The van der Waals surface area contributed by atoms with E-state index in [1.165, 1.54) is 0 Å².